The lowest BCUT2D eigenvalue weighted by Gasteiger charge is -2.11. The Labute approximate surface area is 215 Å². The molecule has 4 aromatic rings. The summed E-state index contributed by atoms with van der Waals surface area (Å²) in [7, 11) is 3.22. The quantitative estimate of drug-likeness (QED) is 0.329. The summed E-state index contributed by atoms with van der Waals surface area (Å²) in [6.45, 7) is 5.95. The molecule has 0 aliphatic carbocycles. The van der Waals surface area contributed by atoms with E-state index in [2.05, 4.69) is 5.32 Å². The number of carbonyl (C=O) groups is 2. The highest BCUT2D eigenvalue weighted by Crippen LogP contribution is 2.30. The van der Waals surface area contributed by atoms with Crippen molar-refractivity contribution in [2.24, 2.45) is 0 Å². The maximum Gasteiger partial charge on any atom is 0.338 e. The molecule has 0 unspecified atom stereocenters. The van der Waals surface area contributed by atoms with E-state index in [0.29, 0.717) is 29.2 Å². The van der Waals surface area contributed by atoms with Crippen molar-refractivity contribution in [3.05, 3.63) is 71.0 Å². The Balaban J connectivity index is 1.52. The fraction of sp³-hybridized carbons (Fsp3) is 0.286. The molecule has 0 saturated carbocycles. The van der Waals surface area contributed by atoms with E-state index in [0.717, 1.165) is 33.9 Å². The van der Waals surface area contributed by atoms with E-state index in [1.165, 1.54) is 0 Å². The number of aromatic nitrogens is 3. The highest BCUT2D eigenvalue weighted by Gasteiger charge is 2.16. The van der Waals surface area contributed by atoms with Gasteiger partial charge in [-0.05, 0) is 63.1 Å². The summed E-state index contributed by atoms with van der Waals surface area (Å²) < 4.78 is 17.6. The van der Waals surface area contributed by atoms with E-state index in [1.54, 1.807) is 49.9 Å². The first-order valence-corrected chi connectivity index (χ1v) is 12.0. The van der Waals surface area contributed by atoms with Gasteiger partial charge in [0.05, 0.1) is 32.1 Å². The van der Waals surface area contributed by atoms with Crippen LogP contribution in [0.5, 0.6) is 11.5 Å². The van der Waals surface area contributed by atoms with Crippen molar-refractivity contribution in [1.82, 2.24) is 14.6 Å². The first-order valence-electron chi connectivity index (χ1n) is 12.0. The third-order valence-electron chi connectivity index (χ3n) is 6.07. The van der Waals surface area contributed by atoms with Gasteiger partial charge in [0.1, 0.15) is 11.5 Å². The standard InChI is InChI=1S/C28H30N4O5/c1-6-37-28(34)19-8-7-9-21(12-19)30-27(33)11-10-24-17(2)29-26-16-25(31-32(26)18(24)3)20-13-22(35-4)15-23(14-20)36-5/h7-9,12-16H,6,10-11H2,1-5H3,(H,30,33). The highest BCUT2D eigenvalue weighted by molar-refractivity contribution is 5.94. The summed E-state index contributed by atoms with van der Waals surface area (Å²) in [6, 6.07) is 14.2. The van der Waals surface area contributed by atoms with Crippen molar-refractivity contribution in [3.63, 3.8) is 0 Å². The highest BCUT2D eigenvalue weighted by atomic mass is 16.5. The molecule has 0 bridgehead atoms. The molecule has 0 spiro atoms. The van der Waals surface area contributed by atoms with Gasteiger partial charge in [-0.15, -0.1) is 0 Å². The summed E-state index contributed by atoms with van der Waals surface area (Å²) >= 11 is 0. The minimum Gasteiger partial charge on any atom is -0.497 e. The molecule has 4 rings (SSSR count). The van der Waals surface area contributed by atoms with Crippen molar-refractivity contribution < 1.29 is 23.8 Å². The first-order chi connectivity index (χ1) is 17.8. The summed E-state index contributed by atoms with van der Waals surface area (Å²) in [4.78, 5) is 29.4. The summed E-state index contributed by atoms with van der Waals surface area (Å²) in [5, 5.41) is 7.63. The first kappa shape index (κ1) is 25.7. The molecule has 2 heterocycles. The van der Waals surface area contributed by atoms with E-state index in [4.69, 9.17) is 24.3 Å². The maximum absolute atomic E-state index is 12.7. The molecular formula is C28H30N4O5. The lowest BCUT2D eigenvalue weighted by atomic mass is 10.1. The van der Waals surface area contributed by atoms with Gasteiger partial charge >= 0.3 is 5.97 Å². The lowest BCUT2D eigenvalue weighted by Crippen LogP contribution is -2.15. The topological polar surface area (TPSA) is 104 Å². The van der Waals surface area contributed by atoms with E-state index >= 15 is 0 Å². The SMILES string of the molecule is CCOC(=O)c1cccc(NC(=O)CCc2c(C)nc3cc(-c4cc(OC)cc(OC)c4)nn3c2C)c1. The number of aryl methyl sites for hydroxylation is 2. The minimum absolute atomic E-state index is 0.162. The van der Waals surface area contributed by atoms with Crippen LogP contribution in [0.2, 0.25) is 0 Å². The largest absolute Gasteiger partial charge is 0.497 e. The molecule has 2 aromatic carbocycles. The van der Waals surface area contributed by atoms with Gasteiger partial charge in [-0.1, -0.05) is 6.07 Å². The van der Waals surface area contributed by atoms with Crippen LogP contribution < -0.4 is 14.8 Å². The van der Waals surface area contributed by atoms with Gasteiger partial charge in [-0.2, -0.15) is 5.10 Å². The van der Waals surface area contributed by atoms with Gasteiger partial charge in [0, 0.05) is 41.2 Å². The van der Waals surface area contributed by atoms with Crippen molar-refractivity contribution in [3.8, 4) is 22.8 Å². The number of fused-ring (bicyclic) bond motifs is 1. The Morgan fingerprint density at radius 3 is 2.41 bits per heavy atom. The van der Waals surface area contributed by atoms with Gasteiger partial charge in [-0.25, -0.2) is 14.3 Å². The number of anilines is 1. The van der Waals surface area contributed by atoms with Crippen LogP contribution in [0.1, 0.15) is 40.7 Å². The van der Waals surface area contributed by atoms with Gasteiger partial charge in [-0.3, -0.25) is 4.79 Å². The third-order valence-corrected chi connectivity index (χ3v) is 6.07. The Morgan fingerprint density at radius 1 is 1.00 bits per heavy atom. The Bertz CT molecular complexity index is 1440. The maximum atomic E-state index is 12.7. The molecule has 0 saturated heterocycles. The van der Waals surface area contributed by atoms with E-state index in [9.17, 15) is 9.59 Å². The normalized spacial score (nSPS) is 10.8. The average Bonchev–Trinajstić information content (AvgIpc) is 3.32. The number of ether oxygens (including phenoxy) is 3. The second kappa shape index (κ2) is 11.1. The molecule has 37 heavy (non-hydrogen) atoms. The van der Waals surface area contributed by atoms with E-state index in [1.807, 2.05) is 38.1 Å². The molecule has 0 fully saturated rings. The average molecular weight is 503 g/mol. The number of nitrogens with zero attached hydrogens (tertiary/aromatic N) is 3. The van der Waals surface area contributed by atoms with Crippen molar-refractivity contribution in [2.75, 3.05) is 26.1 Å². The number of esters is 1. The summed E-state index contributed by atoms with van der Waals surface area (Å²) in [5.74, 6) is 0.762. The number of amides is 1. The Morgan fingerprint density at radius 2 is 1.73 bits per heavy atom. The molecule has 9 nitrogen and oxygen atoms in total. The summed E-state index contributed by atoms with van der Waals surface area (Å²) in [5.41, 5.74) is 5.97. The molecule has 9 heteroatoms. The molecule has 1 N–H and O–H groups in total. The van der Waals surface area contributed by atoms with Crippen LogP contribution in [0, 0.1) is 13.8 Å². The van der Waals surface area contributed by atoms with Crippen LogP contribution in [0.4, 0.5) is 5.69 Å². The number of hydrogen-bond donors (Lipinski definition) is 1. The van der Waals surface area contributed by atoms with Gasteiger partial charge in [0.25, 0.3) is 0 Å². The van der Waals surface area contributed by atoms with Crippen LogP contribution >= 0.6 is 0 Å². The Hall–Kier alpha value is -4.40. The fourth-order valence-electron chi connectivity index (χ4n) is 4.19. The van der Waals surface area contributed by atoms with Crippen LogP contribution in [0.15, 0.2) is 48.5 Å². The van der Waals surface area contributed by atoms with Crippen LogP contribution in [0.3, 0.4) is 0 Å². The molecule has 1 amide bonds. The number of methoxy groups -OCH3 is 2. The minimum atomic E-state index is -0.421. The zero-order valence-corrected chi connectivity index (χ0v) is 21.6. The molecule has 2 aromatic heterocycles. The Kier molecular flexibility index (Phi) is 7.71. The van der Waals surface area contributed by atoms with Crippen molar-refractivity contribution in [1.29, 1.82) is 0 Å². The number of hydrogen-bond acceptors (Lipinski definition) is 7. The zero-order chi connectivity index (χ0) is 26.5. The van der Waals surface area contributed by atoms with Crippen molar-refractivity contribution >= 4 is 23.2 Å². The molecule has 0 atom stereocenters. The second-order valence-electron chi connectivity index (χ2n) is 8.51. The van der Waals surface area contributed by atoms with Crippen molar-refractivity contribution in [2.45, 2.75) is 33.6 Å². The zero-order valence-electron chi connectivity index (χ0n) is 21.6. The number of carbonyl (C=O) groups excluding carboxylic acids is 2. The molecule has 0 aliphatic rings. The van der Waals surface area contributed by atoms with Crippen LogP contribution in [0.25, 0.3) is 16.9 Å². The number of benzene rings is 2. The molecular weight excluding hydrogens is 472 g/mol. The van der Waals surface area contributed by atoms with Gasteiger partial charge < -0.3 is 19.5 Å². The van der Waals surface area contributed by atoms with E-state index < -0.39 is 5.97 Å². The molecule has 0 aliphatic heterocycles. The molecule has 192 valence electrons. The van der Waals surface area contributed by atoms with Crippen LogP contribution in [-0.4, -0.2) is 47.3 Å². The smallest absolute Gasteiger partial charge is 0.338 e. The number of rotatable bonds is 9. The second-order valence-corrected chi connectivity index (χ2v) is 8.51. The van der Waals surface area contributed by atoms with E-state index in [-0.39, 0.29) is 18.9 Å². The number of nitrogens with one attached hydrogen (secondary N) is 1. The lowest BCUT2D eigenvalue weighted by molar-refractivity contribution is -0.116. The molecule has 0 radical (unpaired) electrons. The predicted octanol–water partition coefficient (Wildman–Crippen LogP) is 4.78. The van der Waals surface area contributed by atoms with Crippen LogP contribution in [-0.2, 0) is 16.0 Å². The van der Waals surface area contributed by atoms with Gasteiger partial charge in [0.2, 0.25) is 5.91 Å². The predicted molar refractivity (Wildman–Crippen MR) is 140 cm³/mol. The van der Waals surface area contributed by atoms with Gasteiger partial charge in [0.15, 0.2) is 5.65 Å². The third kappa shape index (κ3) is 5.72. The summed E-state index contributed by atoms with van der Waals surface area (Å²) in [6.07, 6.45) is 0.742. The monoisotopic (exact) mass is 502 g/mol. The fourth-order valence-corrected chi connectivity index (χ4v) is 4.19.